The van der Waals surface area contributed by atoms with Crippen LogP contribution in [0.1, 0.15) is 71.2 Å². The Hall–Kier alpha value is -6.19. The fraction of sp³-hybridized carbons (Fsp3) is 0.533. The normalized spacial score (nSPS) is 16.6. The van der Waals surface area contributed by atoms with E-state index >= 15 is 0 Å². The van der Waals surface area contributed by atoms with Crippen molar-refractivity contribution in [2.24, 2.45) is 5.41 Å². The van der Waals surface area contributed by atoms with Crippen molar-refractivity contribution in [1.82, 2.24) is 45.4 Å². The molecule has 2 aliphatic heterocycles. The maximum Gasteiger partial charge on any atom is 0.241 e. The molecule has 2 aromatic heterocycles. The second-order valence-electron chi connectivity index (χ2n) is 23.2. The highest BCUT2D eigenvalue weighted by Gasteiger charge is 2.39. The predicted molar refractivity (Wildman–Crippen MR) is 327 cm³/mol. The Morgan fingerprint density at radius 1 is 0.774 bits per heavy atom. The molecule has 7 N–H and O–H groups in total. The topological polar surface area (TPSA) is 263 Å². The second kappa shape index (κ2) is 31.3. The molecule has 84 heavy (non-hydrogen) atoms. The van der Waals surface area contributed by atoms with E-state index in [1.807, 2.05) is 93.6 Å². The number of aliphatic hydroxyl groups excluding tert-OH is 1. The number of carbonyl (C=O) groups is 3. The molecule has 5 aromatic rings. The lowest BCUT2D eigenvalue weighted by molar-refractivity contribution is -0.126. The molecule has 2 aliphatic rings. The van der Waals surface area contributed by atoms with Crippen LogP contribution >= 0.6 is 11.3 Å². The molecule has 24 heteroatoms. The lowest BCUT2D eigenvalue weighted by Crippen LogP contribution is -2.54. The number of aromatic nitrogens is 3. The molecule has 0 bridgehead atoms. The summed E-state index contributed by atoms with van der Waals surface area (Å²) in [5.74, 6) is 0.590. The number of nitrogens with zero attached hydrogens (tertiary/aromatic N) is 6. The number of β-amino-alcohol motifs (C(OH)–C–C–N with tert-alkyl or cyclic N) is 1. The fourth-order valence-corrected chi connectivity index (χ4v) is 11.8. The molecule has 3 aromatic carbocycles. The minimum Gasteiger partial charge on any atom is -0.392 e. The van der Waals surface area contributed by atoms with Crippen LogP contribution in [0.5, 0.6) is 0 Å². The van der Waals surface area contributed by atoms with Crippen LogP contribution in [-0.2, 0) is 49.9 Å². The minimum atomic E-state index is -3.71. The van der Waals surface area contributed by atoms with Gasteiger partial charge in [-0.15, -0.1) is 11.3 Å². The number of carbonyl (C=O) groups excluding carboxylic acids is 3. The Morgan fingerprint density at radius 2 is 1.44 bits per heavy atom. The number of anilines is 5. The van der Waals surface area contributed by atoms with Crippen molar-refractivity contribution in [3.63, 3.8) is 0 Å². The van der Waals surface area contributed by atoms with E-state index in [0.29, 0.717) is 103 Å². The Balaban J connectivity index is 0.677. The number of aryl methyl sites for hydroxylation is 2. The molecule has 3 atom stereocenters. The summed E-state index contributed by atoms with van der Waals surface area (Å²) in [5.41, 5.74) is 7.22. The fourth-order valence-electron chi connectivity index (χ4n) is 9.52. The van der Waals surface area contributed by atoms with E-state index in [4.69, 9.17) is 18.9 Å². The molecule has 3 amide bonds. The molecule has 7 rings (SSSR count). The second-order valence-corrected chi connectivity index (χ2v) is 25.8. The lowest BCUT2D eigenvalue weighted by Gasteiger charge is -2.36. The van der Waals surface area contributed by atoms with Crippen molar-refractivity contribution in [1.29, 1.82) is 0 Å². The van der Waals surface area contributed by atoms with Crippen molar-refractivity contribution in [2.45, 2.75) is 103 Å². The van der Waals surface area contributed by atoms with E-state index < -0.39 is 27.7 Å². The molecular weight excluding hydrogens is 1110 g/mol. The number of rotatable bonds is 31. The first-order valence-corrected chi connectivity index (χ1v) is 31.1. The molecule has 0 unspecified atom stereocenters. The van der Waals surface area contributed by atoms with E-state index in [1.54, 1.807) is 62.6 Å². The van der Waals surface area contributed by atoms with E-state index in [0.717, 1.165) is 64.8 Å². The van der Waals surface area contributed by atoms with E-state index in [2.05, 4.69) is 56.1 Å². The molecule has 458 valence electrons. The highest BCUT2D eigenvalue weighted by molar-refractivity contribution is 7.89. The van der Waals surface area contributed by atoms with Crippen LogP contribution in [0, 0.1) is 19.3 Å². The maximum absolute atomic E-state index is 13.4. The van der Waals surface area contributed by atoms with Gasteiger partial charge in [0.15, 0.2) is 0 Å². The number of likely N-dealkylation sites (tertiary alicyclic amines) is 1. The van der Waals surface area contributed by atoms with Crippen LogP contribution in [0.2, 0.25) is 0 Å². The van der Waals surface area contributed by atoms with E-state index in [-0.39, 0.29) is 47.1 Å². The number of thiazole rings is 1. The first-order chi connectivity index (χ1) is 40.1. The van der Waals surface area contributed by atoms with Gasteiger partial charge in [0.05, 0.1) is 92.5 Å². The number of benzene rings is 3. The standard InChI is InChI=1S/C60H86N12O10S2/c1-42-36-63-58(68-56(42)65-47-10-9-11-50(34-47)84(77,78)69-60(6,7)8)66-46-16-18-48(19-17-46)71-24-22-70(23-25-71)40-54(75)61-21-27-80-29-31-82-33-32-81-30-28-79-26-20-53(74)67-52(59(3,4)5)39-72-38-49(73)35-51(72)57(76)62-37-44-12-14-45(15-13-44)55-43(2)64-41-83-55/h9-19,34,36,41,49,51-52,69,73H,20-33,35,37-40H2,1-8H3,(H,61,75)(H,62,76)(H,67,74)(H2,63,65,66,68)/t49-,51+,52-/m1/s1. The Bertz CT molecular complexity index is 3000. The summed E-state index contributed by atoms with van der Waals surface area (Å²) in [6.45, 7) is 23.2. The molecule has 4 heterocycles. The van der Waals surface area contributed by atoms with Crippen molar-refractivity contribution >= 4 is 67.9 Å². The first kappa shape index (κ1) is 65.4. The van der Waals surface area contributed by atoms with Gasteiger partial charge < -0.3 is 55.5 Å². The van der Waals surface area contributed by atoms with Crippen LogP contribution in [0.25, 0.3) is 10.4 Å². The van der Waals surface area contributed by atoms with Gasteiger partial charge in [0.25, 0.3) is 0 Å². The summed E-state index contributed by atoms with van der Waals surface area (Å²) in [6, 6.07) is 21.9. The number of aliphatic hydroxyl groups is 1. The third kappa shape index (κ3) is 21.1. The number of nitrogens with one attached hydrogen (secondary N) is 6. The van der Waals surface area contributed by atoms with Crippen molar-refractivity contribution in [2.75, 3.05) is 121 Å². The first-order valence-electron chi connectivity index (χ1n) is 28.7. The van der Waals surface area contributed by atoms with Gasteiger partial charge >= 0.3 is 0 Å². The highest BCUT2D eigenvalue weighted by atomic mass is 32.2. The smallest absolute Gasteiger partial charge is 0.241 e. The van der Waals surface area contributed by atoms with Crippen LogP contribution < -0.4 is 36.2 Å². The van der Waals surface area contributed by atoms with E-state index in [1.165, 1.54) is 0 Å². The average Bonchev–Trinajstić information content (AvgIpc) is 3.66. The molecule has 0 spiro atoms. The highest BCUT2D eigenvalue weighted by Crippen LogP contribution is 2.29. The van der Waals surface area contributed by atoms with E-state index in [9.17, 15) is 27.9 Å². The third-order valence-corrected chi connectivity index (χ3v) is 16.8. The van der Waals surface area contributed by atoms with Gasteiger partial charge in [-0.05, 0) is 100 Å². The third-order valence-electron chi connectivity index (χ3n) is 14.1. The zero-order valence-corrected chi connectivity index (χ0v) is 51.5. The molecule has 2 saturated heterocycles. The summed E-state index contributed by atoms with van der Waals surface area (Å²) in [5, 5.41) is 26.3. The number of hydrogen-bond acceptors (Lipinski definition) is 19. The number of sulfonamides is 1. The van der Waals surface area contributed by atoms with Crippen LogP contribution in [0.3, 0.4) is 0 Å². The maximum atomic E-state index is 13.4. The Morgan fingerprint density at radius 3 is 2.08 bits per heavy atom. The quantitative estimate of drug-likeness (QED) is 0.0260. The Kier molecular flexibility index (Phi) is 24.3. The number of ether oxygens (including phenoxy) is 4. The number of hydrogen-bond donors (Lipinski definition) is 7. The zero-order valence-electron chi connectivity index (χ0n) is 49.9. The van der Waals surface area contributed by atoms with Gasteiger partial charge in [0, 0.05) is 99.2 Å². The largest absolute Gasteiger partial charge is 0.392 e. The molecule has 0 aliphatic carbocycles. The van der Waals surface area contributed by atoms with Crippen molar-refractivity contribution < 1.29 is 46.9 Å². The number of piperazine rings is 1. The van der Waals surface area contributed by atoms with Gasteiger partial charge in [-0.1, -0.05) is 51.1 Å². The molecule has 0 saturated carbocycles. The average molecular weight is 1200 g/mol. The van der Waals surface area contributed by atoms with Crippen LogP contribution in [0.4, 0.5) is 28.8 Å². The number of amides is 3. The van der Waals surface area contributed by atoms with Gasteiger partial charge in [0.2, 0.25) is 33.7 Å². The van der Waals surface area contributed by atoms with Crippen LogP contribution in [-0.4, -0.2) is 185 Å². The predicted octanol–water partition coefficient (Wildman–Crippen LogP) is 5.76. The zero-order chi connectivity index (χ0) is 60.3. The van der Waals surface area contributed by atoms with Crippen molar-refractivity contribution in [3.05, 3.63) is 101 Å². The van der Waals surface area contributed by atoms with Gasteiger partial charge in [0.1, 0.15) is 5.82 Å². The molecule has 0 radical (unpaired) electrons. The Labute approximate surface area is 499 Å². The summed E-state index contributed by atoms with van der Waals surface area (Å²) in [7, 11) is -3.71. The van der Waals surface area contributed by atoms with Crippen molar-refractivity contribution in [3.8, 4) is 10.4 Å². The summed E-state index contributed by atoms with van der Waals surface area (Å²) in [6.07, 6.45) is 1.57. The molecule has 2 fully saturated rings. The van der Waals surface area contributed by atoms with Gasteiger partial charge in [-0.2, -0.15) is 4.98 Å². The minimum absolute atomic E-state index is 0.0473. The lowest BCUT2D eigenvalue weighted by atomic mass is 9.86. The SMILES string of the molecule is Cc1cnc(Nc2ccc(N3CCN(CC(=O)NCCOCCOCCOCCOCCC(=O)N[C@H](CN4C[C@H](O)C[C@H]4C(=O)NCc4ccc(-c5scnc5C)cc4)C(C)(C)C)CC3)cc2)nc1Nc1cccc(S(=O)(=O)NC(C)(C)C)c1. The molecule has 22 nitrogen and oxygen atoms in total. The van der Waals surface area contributed by atoms with Crippen LogP contribution in [0.15, 0.2) is 89.4 Å². The summed E-state index contributed by atoms with van der Waals surface area (Å²) in [4.78, 5) is 60.4. The molecular formula is C60H86N12O10S2. The summed E-state index contributed by atoms with van der Waals surface area (Å²) < 4.78 is 51.1. The van der Waals surface area contributed by atoms with Gasteiger partial charge in [-0.25, -0.2) is 23.1 Å². The summed E-state index contributed by atoms with van der Waals surface area (Å²) >= 11 is 1.60. The monoisotopic (exact) mass is 1200 g/mol. The van der Waals surface area contributed by atoms with Gasteiger partial charge in [-0.3, -0.25) is 24.2 Å².